The van der Waals surface area contributed by atoms with Gasteiger partial charge in [0.15, 0.2) is 0 Å². The van der Waals surface area contributed by atoms with Crippen molar-refractivity contribution in [3.8, 4) is 0 Å². The summed E-state index contributed by atoms with van der Waals surface area (Å²) in [5, 5.41) is 42.7. The van der Waals surface area contributed by atoms with E-state index in [4.69, 9.17) is 26.8 Å². The van der Waals surface area contributed by atoms with Crippen LogP contribution in [0.25, 0.3) is 0 Å². The second kappa shape index (κ2) is 14.4. The van der Waals surface area contributed by atoms with E-state index >= 15 is 0 Å². The highest BCUT2D eigenvalue weighted by atomic mass is 16.4. The molecule has 0 bridgehead atoms. The zero-order valence-electron chi connectivity index (χ0n) is 18.2. The monoisotopic (exact) mass is 491 g/mol. The van der Waals surface area contributed by atoms with E-state index in [9.17, 15) is 38.7 Å². The summed E-state index contributed by atoms with van der Waals surface area (Å²) >= 11 is 0. The maximum atomic E-state index is 12.7. The molecule has 0 aliphatic carbocycles. The van der Waals surface area contributed by atoms with E-state index in [-0.39, 0.29) is 6.42 Å². The third-order valence-corrected chi connectivity index (χ3v) is 4.37. The van der Waals surface area contributed by atoms with E-state index in [0.29, 0.717) is 0 Å². The number of nitrogens with two attached hydrogens (primary N) is 2. The topological polar surface area (TPSA) is 289 Å². The lowest BCUT2D eigenvalue weighted by molar-refractivity contribution is -0.144. The summed E-state index contributed by atoms with van der Waals surface area (Å²) < 4.78 is 0. The highest BCUT2D eigenvalue weighted by Gasteiger charge is 2.33. The van der Waals surface area contributed by atoms with Crippen LogP contribution in [0.5, 0.6) is 0 Å². The number of aliphatic hydroxyl groups is 1. The number of hydrogen-bond acceptors (Lipinski definition) is 9. The van der Waals surface area contributed by atoms with Crippen molar-refractivity contribution in [1.82, 2.24) is 16.0 Å². The zero-order valence-corrected chi connectivity index (χ0v) is 18.2. The van der Waals surface area contributed by atoms with E-state index in [1.807, 2.05) is 5.32 Å². The molecule has 0 aliphatic heterocycles. The Labute approximate surface area is 193 Å². The van der Waals surface area contributed by atoms with Crippen molar-refractivity contribution >= 4 is 41.5 Å². The van der Waals surface area contributed by atoms with Gasteiger partial charge in [-0.25, -0.2) is 4.79 Å². The zero-order chi connectivity index (χ0) is 26.6. The minimum Gasteiger partial charge on any atom is -0.481 e. The number of carbonyl (C=O) groups excluding carboxylic acids is 4. The van der Waals surface area contributed by atoms with Gasteiger partial charge in [-0.05, 0) is 19.8 Å². The highest BCUT2D eigenvalue weighted by Crippen LogP contribution is 2.04. The van der Waals surface area contributed by atoms with Gasteiger partial charge in [0.05, 0.1) is 18.6 Å². The van der Waals surface area contributed by atoms with Crippen LogP contribution >= 0.6 is 0 Å². The number of amides is 4. The van der Waals surface area contributed by atoms with Gasteiger partial charge in [-0.15, -0.1) is 0 Å². The van der Waals surface area contributed by atoms with Crippen LogP contribution in [0.3, 0.4) is 0 Å². The number of nitrogens with one attached hydrogen (secondary N) is 3. The van der Waals surface area contributed by atoms with E-state index in [2.05, 4.69) is 10.6 Å². The minimum atomic E-state index is -1.76. The van der Waals surface area contributed by atoms with Gasteiger partial charge in [-0.1, -0.05) is 0 Å². The standard InChI is InChI=1S/C18H29N5O11/c1-7(24)14(17(32)22-10(18(33)34)6-11(20)25)23-16(31)9(3-5-13(28)29)21-15(30)8(19)2-4-12(26)27/h7-10,14,24H,2-6,19H2,1H3,(H2,20,25)(H,21,30)(H,22,32)(H,23,31)(H,26,27)(H,28,29)(H,33,34). The van der Waals surface area contributed by atoms with Gasteiger partial charge in [-0.3, -0.25) is 28.8 Å². The minimum absolute atomic E-state index is 0.274. The second-order valence-electron chi connectivity index (χ2n) is 7.33. The molecule has 5 unspecified atom stereocenters. The summed E-state index contributed by atoms with van der Waals surface area (Å²) in [7, 11) is 0. The van der Waals surface area contributed by atoms with Gasteiger partial charge in [-0.2, -0.15) is 0 Å². The first kappa shape index (κ1) is 30.2. The van der Waals surface area contributed by atoms with Crippen molar-refractivity contribution in [3.63, 3.8) is 0 Å². The van der Waals surface area contributed by atoms with Crippen LogP contribution in [0.15, 0.2) is 0 Å². The van der Waals surface area contributed by atoms with Gasteiger partial charge in [0.25, 0.3) is 0 Å². The smallest absolute Gasteiger partial charge is 0.326 e. The molecule has 0 spiro atoms. The number of primary amides is 1. The van der Waals surface area contributed by atoms with Crippen molar-refractivity contribution in [1.29, 1.82) is 0 Å². The molecule has 5 atom stereocenters. The molecule has 0 saturated heterocycles. The molecule has 0 aromatic rings. The van der Waals surface area contributed by atoms with Crippen LogP contribution < -0.4 is 27.4 Å². The van der Waals surface area contributed by atoms with E-state index in [1.54, 1.807) is 0 Å². The Balaban J connectivity index is 5.48. The maximum absolute atomic E-state index is 12.7. The molecule has 192 valence electrons. The molecule has 0 rings (SSSR count). The number of aliphatic hydroxyl groups excluding tert-OH is 1. The summed E-state index contributed by atoms with van der Waals surface area (Å²) in [5.41, 5.74) is 10.5. The van der Waals surface area contributed by atoms with Gasteiger partial charge < -0.3 is 47.8 Å². The molecule has 34 heavy (non-hydrogen) atoms. The molecular formula is C18H29N5O11. The summed E-state index contributed by atoms with van der Waals surface area (Å²) in [6.45, 7) is 1.08. The number of hydrogen-bond donors (Lipinski definition) is 9. The maximum Gasteiger partial charge on any atom is 0.326 e. The second-order valence-corrected chi connectivity index (χ2v) is 7.33. The van der Waals surface area contributed by atoms with Crippen LogP contribution in [0.4, 0.5) is 0 Å². The molecule has 0 aromatic carbocycles. The van der Waals surface area contributed by atoms with Crippen LogP contribution in [0.1, 0.15) is 39.0 Å². The summed E-state index contributed by atoms with van der Waals surface area (Å²) in [6.07, 6.45) is -4.11. The number of carboxylic acid groups (broad SMARTS) is 3. The van der Waals surface area contributed by atoms with Crippen molar-refractivity contribution in [2.75, 3.05) is 0 Å². The van der Waals surface area contributed by atoms with Crippen LogP contribution in [0.2, 0.25) is 0 Å². The average Bonchev–Trinajstić information content (AvgIpc) is 2.71. The third-order valence-electron chi connectivity index (χ3n) is 4.37. The molecule has 0 aromatic heterocycles. The molecule has 0 aliphatic rings. The first-order chi connectivity index (χ1) is 15.6. The summed E-state index contributed by atoms with van der Waals surface area (Å²) in [5.74, 6) is -8.45. The average molecular weight is 491 g/mol. The van der Waals surface area contributed by atoms with E-state index < -0.39 is 97.5 Å². The summed E-state index contributed by atoms with van der Waals surface area (Å²) in [4.78, 5) is 81.0. The Morgan fingerprint density at radius 2 is 1.26 bits per heavy atom. The molecule has 0 fully saturated rings. The first-order valence-electron chi connectivity index (χ1n) is 9.95. The fraction of sp³-hybridized carbons (Fsp3) is 0.611. The van der Waals surface area contributed by atoms with Crippen molar-refractivity contribution < 1.29 is 54.0 Å². The van der Waals surface area contributed by atoms with Gasteiger partial charge in [0.1, 0.15) is 18.1 Å². The Hall–Kier alpha value is -3.79. The van der Waals surface area contributed by atoms with Crippen LogP contribution in [-0.2, 0) is 33.6 Å². The van der Waals surface area contributed by atoms with Gasteiger partial charge in [0.2, 0.25) is 23.6 Å². The molecule has 4 amide bonds. The first-order valence-corrected chi connectivity index (χ1v) is 9.95. The van der Waals surface area contributed by atoms with E-state index in [0.717, 1.165) is 6.92 Å². The number of carbonyl (C=O) groups is 7. The lowest BCUT2D eigenvalue weighted by Crippen LogP contribution is -2.60. The third kappa shape index (κ3) is 11.7. The molecule has 11 N–H and O–H groups in total. The lowest BCUT2D eigenvalue weighted by atomic mass is 10.1. The molecular weight excluding hydrogens is 462 g/mol. The predicted molar refractivity (Wildman–Crippen MR) is 111 cm³/mol. The van der Waals surface area contributed by atoms with E-state index in [1.165, 1.54) is 0 Å². The van der Waals surface area contributed by atoms with Crippen LogP contribution in [-0.4, -0.2) is 92.2 Å². The number of rotatable bonds is 16. The predicted octanol–water partition coefficient (Wildman–Crippen LogP) is -4.16. The van der Waals surface area contributed by atoms with Gasteiger partial charge in [0, 0.05) is 12.8 Å². The molecule has 0 saturated carbocycles. The van der Waals surface area contributed by atoms with Crippen molar-refractivity contribution in [2.24, 2.45) is 11.5 Å². The number of carboxylic acids is 3. The Kier molecular flexibility index (Phi) is 12.8. The van der Waals surface area contributed by atoms with Crippen molar-refractivity contribution in [2.45, 2.75) is 69.3 Å². The largest absolute Gasteiger partial charge is 0.481 e. The normalized spacial score (nSPS) is 15.0. The Morgan fingerprint density at radius 1 is 0.765 bits per heavy atom. The Bertz CT molecular complexity index is 801. The lowest BCUT2D eigenvalue weighted by Gasteiger charge is -2.26. The fourth-order valence-corrected chi connectivity index (χ4v) is 2.55. The molecule has 16 heteroatoms. The molecule has 0 heterocycles. The molecule has 0 radical (unpaired) electrons. The quantitative estimate of drug-likeness (QED) is 0.0993. The van der Waals surface area contributed by atoms with Crippen LogP contribution in [0, 0.1) is 0 Å². The summed E-state index contributed by atoms with van der Waals surface area (Å²) in [6, 6.07) is -6.39. The fourth-order valence-electron chi connectivity index (χ4n) is 2.55. The number of aliphatic carboxylic acids is 3. The SMILES string of the molecule is CC(O)C(NC(=O)C(CCC(=O)O)NC(=O)C(N)CCC(=O)O)C(=O)NC(CC(N)=O)C(=O)O. The van der Waals surface area contributed by atoms with Crippen molar-refractivity contribution in [3.05, 3.63) is 0 Å². The Morgan fingerprint density at radius 3 is 1.71 bits per heavy atom. The van der Waals surface area contributed by atoms with Gasteiger partial charge >= 0.3 is 17.9 Å². The highest BCUT2D eigenvalue weighted by molar-refractivity contribution is 5.95. The molecule has 16 nitrogen and oxygen atoms in total.